The Morgan fingerprint density at radius 3 is 2.74 bits per heavy atom. The minimum atomic E-state index is -0.132. The Hall–Kier alpha value is -2.29. The minimum Gasteiger partial charge on any atom is -0.380 e. The van der Waals surface area contributed by atoms with Crippen molar-refractivity contribution in [3.05, 3.63) is 53.6 Å². The molecule has 6 nitrogen and oxygen atoms in total. The summed E-state index contributed by atoms with van der Waals surface area (Å²) in [6.07, 6.45) is 4.11. The lowest BCUT2D eigenvalue weighted by Gasteiger charge is -2.11. The Labute approximate surface area is 194 Å². The van der Waals surface area contributed by atoms with Gasteiger partial charge in [-0.25, -0.2) is 0 Å². The average molecular weight is 462 g/mol. The van der Waals surface area contributed by atoms with Crippen LogP contribution in [0.2, 0.25) is 0 Å². The molecule has 0 aliphatic heterocycles. The van der Waals surface area contributed by atoms with E-state index in [4.69, 9.17) is 4.74 Å². The summed E-state index contributed by atoms with van der Waals surface area (Å²) in [6, 6.07) is 13.2. The van der Waals surface area contributed by atoms with Gasteiger partial charge in [0.2, 0.25) is 6.41 Å². The van der Waals surface area contributed by atoms with Gasteiger partial charge in [-0.2, -0.15) is 12.6 Å². The van der Waals surface area contributed by atoms with E-state index in [-0.39, 0.29) is 5.91 Å². The van der Waals surface area contributed by atoms with E-state index >= 15 is 0 Å². The summed E-state index contributed by atoms with van der Waals surface area (Å²) in [5.74, 6) is 0.715. The zero-order chi connectivity index (χ0) is 22.9. The van der Waals surface area contributed by atoms with E-state index in [0.29, 0.717) is 31.7 Å². The molecule has 0 aliphatic carbocycles. The van der Waals surface area contributed by atoms with E-state index in [9.17, 15) is 9.59 Å². The zero-order valence-corrected chi connectivity index (χ0v) is 19.8. The summed E-state index contributed by atoms with van der Waals surface area (Å²) < 4.78 is 5.45. The zero-order valence-electron chi connectivity index (χ0n) is 18.1. The molecule has 0 aromatic heterocycles. The third kappa shape index (κ3) is 10.0. The van der Waals surface area contributed by atoms with Crippen LogP contribution in [0.3, 0.4) is 0 Å². The van der Waals surface area contributed by atoms with Crippen molar-refractivity contribution in [3.8, 4) is 0 Å². The van der Waals surface area contributed by atoms with Gasteiger partial charge in [0.05, 0.1) is 12.3 Å². The first-order valence-corrected chi connectivity index (χ1v) is 11.9. The number of hydrogen-bond acceptors (Lipinski definition) is 6. The van der Waals surface area contributed by atoms with Crippen LogP contribution in [0.15, 0.2) is 52.4 Å². The molecule has 0 spiro atoms. The van der Waals surface area contributed by atoms with Crippen LogP contribution >= 0.6 is 24.4 Å². The van der Waals surface area contributed by atoms with Crippen LogP contribution in [-0.2, 0) is 16.0 Å². The highest BCUT2D eigenvalue weighted by Gasteiger charge is 2.09. The van der Waals surface area contributed by atoms with Gasteiger partial charge in [0.15, 0.2) is 0 Å². The van der Waals surface area contributed by atoms with Crippen LogP contribution in [0.25, 0.3) is 0 Å². The molecule has 168 valence electrons. The molecule has 0 bridgehead atoms. The smallest absolute Gasteiger partial charge is 0.255 e. The number of thioether (sulfide) groups is 1. The molecular weight excluding hydrogens is 430 g/mol. The molecule has 0 unspecified atom stereocenters. The topological polar surface area (TPSA) is 79.8 Å². The van der Waals surface area contributed by atoms with Gasteiger partial charge in [-0.05, 0) is 61.7 Å². The van der Waals surface area contributed by atoms with Crippen molar-refractivity contribution in [2.24, 2.45) is 4.99 Å². The number of benzene rings is 2. The quantitative estimate of drug-likeness (QED) is 0.134. The third-order valence-electron chi connectivity index (χ3n) is 4.15. The lowest BCUT2D eigenvalue weighted by molar-refractivity contribution is -0.109. The molecule has 8 heteroatoms. The fourth-order valence-corrected chi connectivity index (χ4v) is 3.58. The van der Waals surface area contributed by atoms with E-state index in [0.717, 1.165) is 40.4 Å². The van der Waals surface area contributed by atoms with Crippen LogP contribution in [-0.4, -0.2) is 50.8 Å². The van der Waals surface area contributed by atoms with Gasteiger partial charge in [0, 0.05) is 35.1 Å². The molecule has 0 saturated carbocycles. The van der Waals surface area contributed by atoms with Crippen molar-refractivity contribution in [2.75, 3.05) is 37.1 Å². The van der Waals surface area contributed by atoms with Crippen molar-refractivity contribution in [3.63, 3.8) is 0 Å². The Morgan fingerprint density at radius 1 is 1.23 bits per heavy atom. The third-order valence-corrected chi connectivity index (χ3v) is 5.28. The number of aliphatic imine (C=N–C) groups is 1. The lowest BCUT2D eigenvalue weighted by Crippen LogP contribution is -2.17. The second-order valence-corrected chi connectivity index (χ2v) is 7.37. The van der Waals surface area contributed by atoms with E-state index in [1.165, 1.54) is 0 Å². The van der Waals surface area contributed by atoms with E-state index in [1.54, 1.807) is 18.0 Å². The second-order valence-electron chi connectivity index (χ2n) is 6.24. The number of ether oxygens (including phenoxy) is 1. The van der Waals surface area contributed by atoms with Crippen molar-refractivity contribution in [1.82, 2.24) is 5.32 Å². The number of thiol groups is 1. The Kier molecular flexibility index (Phi) is 14.2. The lowest BCUT2D eigenvalue weighted by atomic mass is 10.1. The normalized spacial score (nSPS) is 9.90. The summed E-state index contributed by atoms with van der Waals surface area (Å²) in [7, 11) is 0. The Morgan fingerprint density at radius 2 is 2.03 bits per heavy atom. The number of carbonyl (C=O) groups is 2. The number of hydrogen-bond donors (Lipinski definition) is 3. The van der Waals surface area contributed by atoms with E-state index in [1.807, 2.05) is 42.5 Å². The first-order chi connectivity index (χ1) is 15.2. The molecule has 2 N–H and O–H groups in total. The minimum absolute atomic E-state index is 0.132. The highest BCUT2D eigenvalue weighted by atomic mass is 32.2. The van der Waals surface area contributed by atoms with Gasteiger partial charge in [-0.3, -0.25) is 14.6 Å². The van der Waals surface area contributed by atoms with Gasteiger partial charge < -0.3 is 15.4 Å². The number of amides is 2. The molecule has 31 heavy (non-hydrogen) atoms. The number of rotatable bonds is 13. The van der Waals surface area contributed by atoms with Crippen molar-refractivity contribution < 1.29 is 14.3 Å². The molecule has 0 heterocycles. The summed E-state index contributed by atoms with van der Waals surface area (Å²) in [5, 5.41) is 5.51. The average Bonchev–Trinajstić information content (AvgIpc) is 2.82. The monoisotopic (exact) mass is 461 g/mol. The number of carbonyl (C=O) groups excluding carboxylic acids is 2. The maximum atomic E-state index is 12.6. The maximum absolute atomic E-state index is 12.6. The summed E-state index contributed by atoms with van der Waals surface area (Å²) in [6.45, 7) is 7.33. The SMILES string of the molecule is C=Nc1ccc(NC(=O)c2cccc(CC)c2)cc1SCCCOCCNC=O.CS. The largest absolute Gasteiger partial charge is 0.380 e. The van der Waals surface area contributed by atoms with Crippen molar-refractivity contribution in [1.29, 1.82) is 0 Å². The van der Waals surface area contributed by atoms with Crippen LogP contribution in [0.5, 0.6) is 0 Å². The van der Waals surface area contributed by atoms with Crippen LogP contribution < -0.4 is 10.6 Å². The number of nitrogens with zero attached hydrogens (tertiary/aromatic N) is 1. The molecule has 2 aromatic rings. The standard InChI is InChI=1S/C22H27N3O3S.CH4S/c1-3-17-6-4-7-18(14-17)22(27)25-19-8-9-20(23-2)21(15-19)29-13-5-11-28-12-10-24-16-26;1-2/h4,6-9,14-16H,2-3,5,10-13H2,1H3,(H,24,26)(H,25,27);2H,1H3. The number of anilines is 1. The highest BCUT2D eigenvalue weighted by molar-refractivity contribution is 7.99. The molecule has 0 atom stereocenters. The molecule has 2 amide bonds. The molecule has 0 radical (unpaired) electrons. The first-order valence-electron chi connectivity index (χ1n) is 10.0. The fourth-order valence-electron chi connectivity index (χ4n) is 2.61. The second kappa shape index (κ2) is 16.4. The Balaban J connectivity index is 0.00000233. The van der Waals surface area contributed by atoms with Crippen LogP contribution in [0.1, 0.15) is 29.3 Å². The molecule has 2 rings (SSSR count). The molecule has 2 aromatic carbocycles. The first kappa shape index (κ1) is 26.7. The Bertz CT molecular complexity index is 831. The summed E-state index contributed by atoms with van der Waals surface area (Å²) in [5.41, 5.74) is 3.29. The van der Waals surface area contributed by atoms with Gasteiger partial charge in [-0.15, -0.1) is 11.8 Å². The summed E-state index contributed by atoms with van der Waals surface area (Å²) >= 11 is 5.17. The van der Waals surface area contributed by atoms with E-state index in [2.05, 4.69) is 41.9 Å². The van der Waals surface area contributed by atoms with Gasteiger partial charge in [-0.1, -0.05) is 19.1 Å². The predicted molar refractivity (Wildman–Crippen MR) is 135 cm³/mol. The number of aryl methyl sites for hydroxylation is 1. The maximum Gasteiger partial charge on any atom is 0.255 e. The molecule has 0 fully saturated rings. The highest BCUT2D eigenvalue weighted by Crippen LogP contribution is 2.32. The van der Waals surface area contributed by atoms with Crippen molar-refractivity contribution in [2.45, 2.75) is 24.7 Å². The molecular formula is C23H31N3O3S2. The van der Waals surface area contributed by atoms with Gasteiger partial charge >= 0.3 is 0 Å². The number of nitrogens with one attached hydrogen (secondary N) is 2. The van der Waals surface area contributed by atoms with Crippen LogP contribution in [0, 0.1) is 0 Å². The molecule has 0 saturated heterocycles. The van der Waals surface area contributed by atoms with Gasteiger partial charge in [0.1, 0.15) is 0 Å². The molecule has 0 aliphatic rings. The van der Waals surface area contributed by atoms with E-state index < -0.39 is 0 Å². The van der Waals surface area contributed by atoms with Crippen molar-refractivity contribution >= 4 is 54.8 Å². The van der Waals surface area contributed by atoms with Gasteiger partial charge in [0.25, 0.3) is 5.91 Å². The summed E-state index contributed by atoms with van der Waals surface area (Å²) in [4.78, 5) is 27.7. The fraction of sp³-hybridized carbons (Fsp3) is 0.348. The predicted octanol–water partition coefficient (Wildman–Crippen LogP) is 4.62. The van der Waals surface area contributed by atoms with Crippen LogP contribution in [0.4, 0.5) is 11.4 Å².